The zero-order chi connectivity index (χ0) is 23.3. The van der Waals surface area contributed by atoms with Crippen molar-refractivity contribution in [2.45, 2.75) is 89.0 Å². The number of halogens is 1. The average Bonchev–Trinajstić information content (AvgIpc) is 3.06. The van der Waals surface area contributed by atoms with E-state index in [9.17, 15) is 9.00 Å². The second-order valence-electron chi connectivity index (χ2n) is 10.8. The second kappa shape index (κ2) is 8.57. The summed E-state index contributed by atoms with van der Waals surface area (Å²) in [5.74, 6) is -0.697. The van der Waals surface area contributed by atoms with Crippen LogP contribution in [-0.2, 0) is 30.1 Å². The van der Waals surface area contributed by atoms with Crippen LogP contribution in [0, 0.1) is 11.2 Å². The molecule has 3 aliphatic rings. The normalized spacial score (nSPS) is 22.5. The zero-order valence-corrected chi connectivity index (χ0v) is 20.5. The summed E-state index contributed by atoms with van der Waals surface area (Å²) in [5, 5.41) is 3.44. The molecule has 0 saturated heterocycles. The van der Waals surface area contributed by atoms with Gasteiger partial charge in [0, 0.05) is 23.2 Å². The number of nitrogens with one attached hydrogen (secondary N) is 1. The molecule has 1 unspecified atom stereocenters. The van der Waals surface area contributed by atoms with Crippen molar-refractivity contribution in [2.24, 2.45) is 11.1 Å². The summed E-state index contributed by atoms with van der Waals surface area (Å²) >= 11 is 0. The molecule has 2 aromatic rings. The molecule has 0 spiro atoms. The molecule has 7 heteroatoms. The van der Waals surface area contributed by atoms with Gasteiger partial charge in [-0.3, -0.25) is 9.00 Å². The molecule has 33 heavy (non-hydrogen) atoms. The van der Waals surface area contributed by atoms with Gasteiger partial charge in [0.2, 0.25) is 0 Å². The van der Waals surface area contributed by atoms with Crippen LogP contribution in [0.5, 0.6) is 0 Å². The molecule has 2 aliphatic carbocycles. The largest absolute Gasteiger partial charge is 0.382 e. The number of benzene rings is 1. The molecule has 1 aromatic carbocycles. The maximum Gasteiger partial charge on any atom is 0.253 e. The Morgan fingerprint density at radius 3 is 2.58 bits per heavy atom. The number of aromatic nitrogens is 1. The Labute approximate surface area is 197 Å². The highest BCUT2D eigenvalue weighted by molar-refractivity contribution is 7.85. The van der Waals surface area contributed by atoms with Crippen molar-refractivity contribution in [1.29, 1.82) is 0 Å². The number of carbonyl (C=O) groups is 1. The van der Waals surface area contributed by atoms with Gasteiger partial charge >= 0.3 is 0 Å². The molecule has 5 nitrogen and oxygen atoms in total. The van der Waals surface area contributed by atoms with Crippen molar-refractivity contribution in [2.75, 3.05) is 11.1 Å². The van der Waals surface area contributed by atoms with Gasteiger partial charge in [-0.2, -0.15) is 0 Å². The van der Waals surface area contributed by atoms with E-state index in [0.717, 1.165) is 74.1 Å². The van der Waals surface area contributed by atoms with Gasteiger partial charge in [-0.25, -0.2) is 4.39 Å². The van der Waals surface area contributed by atoms with Crippen LogP contribution in [0.15, 0.2) is 17.0 Å². The first-order chi connectivity index (χ1) is 15.7. The first kappa shape index (κ1) is 22.6. The third kappa shape index (κ3) is 4.13. The summed E-state index contributed by atoms with van der Waals surface area (Å²) in [4.78, 5) is 13.1. The molecule has 2 heterocycles. The molecule has 0 bridgehead atoms. The van der Waals surface area contributed by atoms with Crippen molar-refractivity contribution in [1.82, 2.24) is 4.57 Å². The molecule has 0 radical (unpaired) electrons. The van der Waals surface area contributed by atoms with Crippen LogP contribution in [-0.4, -0.2) is 26.5 Å². The van der Waals surface area contributed by atoms with Crippen LogP contribution in [0.1, 0.15) is 86.1 Å². The van der Waals surface area contributed by atoms with E-state index >= 15 is 4.39 Å². The predicted molar refractivity (Wildman–Crippen MR) is 130 cm³/mol. The van der Waals surface area contributed by atoms with Crippen molar-refractivity contribution >= 4 is 22.4 Å². The lowest BCUT2D eigenvalue weighted by molar-refractivity contribution is 0.0997. The Bertz CT molecular complexity index is 1130. The van der Waals surface area contributed by atoms with Gasteiger partial charge in [0.15, 0.2) is 0 Å². The van der Waals surface area contributed by atoms with Gasteiger partial charge in [-0.15, -0.1) is 0 Å². The zero-order valence-electron chi connectivity index (χ0n) is 19.6. The fourth-order valence-corrected chi connectivity index (χ4v) is 7.92. The molecule has 3 N–H and O–H groups in total. The maximum absolute atomic E-state index is 15.4. The van der Waals surface area contributed by atoms with Crippen LogP contribution < -0.4 is 11.1 Å². The summed E-state index contributed by atoms with van der Waals surface area (Å²) in [6.45, 7) is 4.30. The smallest absolute Gasteiger partial charge is 0.253 e. The van der Waals surface area contributed by atoms with Crippen molar-refractivity contribution in [3.8, 4) is 5.69 Å². The molecule has 1 atom stereocenters. The van der Waals surface area contributed by atoms with E-state index < -0.39 is 22.5 Å². The van der Waals surface area contributed by atoms with E-state index in [1.807, 2.05) is 6.07 Å². The Kier molecular flexibility index (Phi) is 5.88. The molecule has 1 fully saturated rings. The highest BCUT2D eigenvalue weighted by Gasteiger charge is 2.38. The molecule has 1 aromatic heterocycles. The van der Waals surface area contributed by atoms with E-state index in [4.69, 9.17) is 5.73 Å². The molecule has 1 saturated carbocycles. The number of nitrogens with zero attached hydrogens (tertiary/aromatic N) is 1. The van der Waals surface area contributed by atoms with E-state index in [2.05, 4.69) is 23.7 Å². The van der Waals surface area contributed by atoms with Gasteiger partial charge in [0.25, 0.3) is 5.91 Å². The number of carbonyl (C=O) groups excluding carboxylic acids is 1. The Balaban J connectivity index is 1.68. The number of nitrogens with two attached hydrogens (primary N) is 1. The van der Waals surface area contributed by atoms with Gasteiger partial charge in [0.1, 0.15) is 5.82 Å². The summed E-state index contributed by atoms with van der Waals surface area (Å²) in [5.41, 5.74) is 10.0. The second-order valence-corrected chi connectivity index (χ2v) is 12.2. The molecule has 5 rings (SSSR count). The Morgan fingerprint density at radius 1 is 1.12 bits per heavy atom. The minimum atomic E-state index is -1.06. The number of rotatable bonds is 4. The highest BCUT2D eigenvalue weighted by Crippen LogP contribution is 2.43. The Morgan fingerprint density at radius 2 is 1.85 bits per heavy atom. The fourth-order valence-electron chi connectivity index (χ4n) is 6.04. The third-order valence-corrected chi connectivity index (χ3v) is 9.44. The lowest BCUT2D eigenvalue weighted by atomic mass is 9.89. The van der Waals surface area contributed by atoms with Crippen LogP contribution in [0.3, 0.4) is 0 Å². The summed E-state index contributed by atoms with van der Waals surface area (Å²) < 4.78 is 30.8. The summed E-state index contributed by atoms with van der Waals surface area (Å²) in [6, 6.07) is 3.54. The number of primary amides is 1. The Hall–Kier alpha value is -2.15. The summed E-state index contributed by atoms with van der Waals surface area (Å²) in [6.07, 6.45) is 10.3. The highest BCUT2D eigenvalue weighted by atomic mass is 32.2. The van der Waals surface area contributed by atoms with E-state index in [1.165, 1.54) is 18.1 Å². The van der Waals surface area contributed by atoms with Gasteiger partial charge in [0.05, 0.1) is 32.6 Å². The molecular weight excluding hydrogens is 437 g/mol. The first-order valence-corrected chi connectivity index (χ1v) is 13.6. The van der Waals surface area contributed by atoms with E-state index in [0.29, 0.717) is 17.1 Å². The van der Waals surface area contributed by atoms with Crippen molar-refractivity contribution in [3.05, 3.63) is 40.5 Å². The number of hydrogen-bond donors (Lipinski definition) is 2. The lowest BCUT2D eigenvalue weighted by Gasteiger charge is -2.30. The predicted octanol–water partition coefficient (Wildman–Crippen LogP) is 5.03. The van der Waals surface area contributed by atoms with Gasteiger partial charge in [-0.05, 0) is 68.1 Å². The van der Waals surface area contributed by atoms with Gasteiger partial charge < -0.3 is 15.6 Å². The maximum atomic E-state index is 15.4. The minimum Gasteiger partial charge on any atom is -0.382 e. The first-order valence-electron chi connectivity index (χ1n) is 12.3. The van der Waals surface area contributed by atoms with Crippen LogP contribution in [0.2, 0.25) is 0 Å². The minimum absolute atomic E-state index is 0.0666. The van der Waals surface area contributed by atoms with E-state index in [1.54, 1.807) is 0 Å². The van der Waals surface area contributed by atoms with E-state index in [-0.39, 0.29) is 17.0 Å². The third-order valence-electron chi connectivity index (χ3n) is 7.45. The SMILES string of the molecule is CC1(C)Cc2c(c3c(n2-c2cc(F)c(C(N)=O)c(NC4CCCCC4)c2)CCCC3)S(=O)C1. The topological polar surface area (TPSA) is 77.1 Å². The quantitative estimate of drug-likeness (QED) is 0.657. The average molecular weight is 472 g/mol. The monoisotopic (exact) mass is 471 g/mol. The summed E-state index contributed by atoms with van der Waals surface area (Å²) in [7, 11) is -1.06. The van der Waals surface area contributed by atoms with Crippen LogP contribution >= 0.6 is 0 Å². The van der Waals surface area contributed by atoms with Crippen LogP contribution in [0.4, 0.5) is 10.1 Å². The molecule has 1 amide bonds. The number of fused-ring (bicyclic) bond motifs is 3. The fraction of sp³-hybridized carbons (Fsp3) is 0.577. The lowest BCUT2D eigenvalue weighted by Crippen LogP contribution is -2.30. The number of hydrogen-bond acceptors (Lipinski definition) is 3. The molecule has 1 aliphatic heterocycles. The van der Waals surface area contributed by atoms with Crippen molar-refractivity contribution < 1.29 is 13.4 Å². The molecule has 178 valence electrons. The standard InChI is InChI=1S/C26H34FN3O2S/c1-26(2)14-22-24(33(32)15-26)18-10-6-7-11-21(18)30(22)17-12-19(27)23(25(28)31)20(13-17)29-16-8-4-3-5-9-16/h12-13,16,29H,3-11,14-15H2,1-2H3,(H2,28,31). The number of anilines is 1. The van der Waals surface area contributed by atoms with Crippen LogP contribution in [0.25, 0.3) is 5.69 Å². The number of amides is 1. The molecular formula is C26H34FN3O2S. The van der Waals surface area contributed by atoms with Gasteiger partial charge in [-0.1, -0.05) is 33.1 Å². The van der Waals surface area contributed by atoms with Crippen molar-refractivity contribution in [3.63, 3.8) is 0 Å².